The molecule has 3 aromatic rings. The summed E-state index contributed by atoms with van der Waals surface area (Å²) in [5, 5.41) is 7.80. The van der Waals surface area contributed by atoms with Crippen LogP contribution in [0, 0.1) is 0 Å². The first kappa shape index (κ1) is 16.9. The van der Waals surface area contributed by atoms with E-state index in [2.05, 4.69) is 10.4 Å². The van der Waals surface area contributed by atoms with Crippen LogP contribution >= 0.6 is 11.6 Å². The largest absolute Gasteiger partial charge is 0.326 e. The number of rotatable bonds is 4. The van der Waals surface area contributed by atoms with Crippen molar-refractivity contribution < 1.29 is 4.79 Å². The highest BCUT2D eigenvalue weighted by Crippen LogP contribution is 2.19. The standard InChI is InChI=1S/C19H16ClN3O2/c1-13(24)21-17-8-4-15(5-9-17)18-10-11-19(25)23(22-18)12-14-2-6-16(20)7-3-14/h2-11H,12H2,1H3,(H,21,24). The van der Waals surface area contributed by atoms with Gasteiger partial charge in [0, 0.05) is 29.3 Å². The summed E-state index contributed by atoms with van der Waals surface area (Å²) in [6.07, 6.45) is 0. The molecule has 126 valence electrons. The molecule has 5 nitrogen and oxygen atoms in total. The van der Waals surface area contributed by atoms with Gasteiger partial charge in [-0.15, -0.1) is 0 Å². The average Bonchev–Trinajstić information content (AvgIpc) is 2.59. The Morgan fingerprint density at radius 1 is 1.04 bits per heavy atom. The van der Waals surface area contributed by atoms with E-state index in [1.54, 1.807) is 30.3 Å². The van der Waals surface area contributed by atoms with Gasteiger partial charge in [0.2, 0.25) is 5.91 Å². The van der Waals surface area contributed by atoms with Crippen LogP contribution in [0.3, 0.4) is 0 Å². The highest BCUT2D eigenvalue weighted by Gasteiger charge is 2.05. The summed E-state index contributed by atoms with van der Waals surface area (Å²) in [6.45, 7) is 1.83. The van der Waals surface area contributed by atoms with Crippen LogP contribution in [0.5, 0.6) is 0 Å². The van der Waals surface area contributed by atoms with E-state index in [1.807, 2.05) is 24.3 Å². The predicted molar refractivity (Wildman–Crippen MR) is 98.8 cm³/mol. The van der Waals surface area contributed by atoms with Gasteiger partial charge in [-0.05, 0) is 35.9 Å². The molecule has 0 unspecified atom stereocenters. The molecule has 0 aliphatic heterocycles. The second-order valence-corrected chi connectivity index (χ2v) is 6.04. The predicted octanol–water partition coefficient (Wildman–Crippen LogP) is 3.57. The minimum atomic E-state index is -0.173. The monoisotopic (exact) mass is 353 g/mol. The maximum Gasteiger partial charge on any atom is 0.267 e. The number of anilines is 1. The second-order valence-electron chi connectivity index (χ2n) is 5.60. The molecule has 0 bridgehead atoms. The molecule has 1 heterocycles. The van der Waals surface area contributed by atoms with Crippen molar-refractivity contribution >= 4 is 23.2 Å². The Bertz CT molecular complexity index is 948. The van der Waals surface area contributed by atoms with Gasteiger partial charge in [0.25, 0.3) is 5.56 Å². The van der Waals surface area contributed by atoms with Gasteiger partial charge in [0.1, 0.15) is 0 Å². The van der Waals surface area contributed by atoms with Gasteiger partial charge in [-0.3, -0.25) is 9.59 Å². The fraction of sp³-hybridized carbons (Fsp3) is 0.105. The summed E-state index contributed by atoms with van der Waals surface area (Å²) in [5.41, 5.74) is 3.03. The lowest BCUT2D eigenvalue weighted by Crippen LogP contribution is -2.22. The molecule has 0 radical (unpaired) electrons. The smallest absolute Gasteiger partial charge is 0.267 e. The maximum atomic E-state index is 12.1. The first-order valence-electron chi connectivity index (χ1n) is 7.72. The third-order valence-corrected chi connectivity index (χ3v) is 3.87. The van der Waals surface area contributed by atoms with E-state index in [9.17, 15) is 9.59 Å². The molecule has 3 rings (SSSR count). The molecule has 0 atom stereocenters. The SMILES string of the molecule is CC(=O)Nc1ccc(-c2ccc(=O)n(Cc3ccc(Cl)cc3)n2)cc1. The van der Waals surface area contributed by atoms with Gasteiger partial charge in [-0.2, -0.15) is 5.10 Å². The molecule has 1 aromatic heterocycles. The van der Waals surface area contributed by atoms with E-state index in [0.29, 0.717) is 22.9 Å². The van der Waals surface area contributed by atoms with Crippen LogP contribution in [0.4, 0.5) is 5.69 Å². The number of hydrogen-bond donors (Lipinski definition) is 1. The van der Waals surface area contributed by atoms with Crippen molar-refractivity contribution in [3.8, 4) is 11.3 Å². The lowest BCUT2D eigenvalue weighted by Gasteiger charge is -2.08. The van der Waals surface area contributed by atoms with E-state index in [1.165, 1.54) is 17.7 Å². The van der Waals surface area contributed by atoms with Crippen molar-refractivity contribution in [2.24, 2.45) is 0 Å². The van der Waals surface area contributed by atoms with E-state index >= 15 is 0 Å². The van der Waals surface area contributed by atoms with Crippen molar-refractivity contribution in [3.05, 3.63) is 81.6 Å². The third-order valence-electron chi connectivity index (χ3n) is 3.61. The molecule has 6 heteroatoms. The van der Waals surface area contributed by atoms with E-state index < -0.39 is 0 Å². The summed E-state index contributed by atoms with van der Waals surface area (Å²) in [6, 6.07) is 17.8. The number of benzene rings is 2. The molecule has 0 fully saturated rings. The van der Waals surface area contributed by atoms with Gasteiger partial charge >= 0.3 is 0 Å². The van der Waals surface area contributed by atoms with E-state index in [0.717, 1.165) is 11.1 Å². The summed E-state index contributed by atoms with van der Waals surface area (Å²) >= 11 is 5.89. The molecular weight excluding hydrogens is 338 g/mol. The number of nitrogens with one attached hydrogen (secondary N) is 1. The lowest BCUT2D eigenvalue weighted by molar-refractivity contribution is -0.114. The first-order valence-corrected chi connectivity index (χ1v) is 8.10. The van der Waals surface area contributed by atoms with Crippen molar-refractivity contribution in [1.82, 2.24) is 9.78 Å². The Kier molecular flexibility index (Phi) is 4.95. The fourth-order valence-electron chi connectivity index (χ4n) is 2.41. The molecule has 0 aliphatic rings. The Morgan fingerprint density at radius 2 is 1.72 bits per heavy atom. The molecule has 0 spiro atoms. The normalized spacial score (nSPS) is 10.5. The topological polar surface area (TPSA) is 64.0 Å². The van der Waals surface area contributed by atoms with Crippen molar-refractivity contribution in [1.29, 1.82) is 0 Å². The summed E-state index contributed by atoms with van der Waals surface area (Å²) < 4.78 is 1.42. The van der Waals surface area contributed by atoms with Crippen LogP contribution in [-0.4, -0.2) is 15.7 Å². The molecule has 0 saturated carbocycles. The Labute approximate surface area is 149 Å². The van der Waals surface area contributed by atoms with Crippen LogP contribution < -0.4 is 10.9 Å². The molecular formula is C19H16ClN3O2. The number of aromatic nitrogens is 2. The van der Waals surface area contributed by atoms with Crippen LogP contribution in [0.25, 0.3) is 11.3 Å². The molecule has 25 heavy (non-hydrogen) atoms. The third kappa shape index (κ3) is 4.33. The molecule has 0 aliphatic carbocycles. The van der Waals surface area contributed by atoms with E-state index in [4.69, 9.17) is 11.6 Å². The van der Waals surface area contributed by atoms with Crippen molar-refractivity contribution in [2.75, 3.05) is 5.32 Å². The number of amides is 1. The minimum Gasteiger partial charge on any atom is -0.326 e. The Hall–Kier alpha value is -2.92. The maximum absolute atomic E-state index is 12.1. The fourth-order valence-corrected chi connectivity index (χ4v) is 2.53. The Morgan fingerprint density at radius 3 is 2.36 bits per heavy atom. The zero-order valence-corrected chi connectivity index (χ0v) is 14.3. The molecule has 1 amide bonds. The zero-order valence-electron chi connectivity index (χ0n) is 13.6. The van der Waals surface area contributed by atoms with Gasteiger partial charge < -0.3 is 5.32 Å². The average molecular weight is 354 g/mol. The van der Waals surface area contributed by atoms with Gasteiger partial charge in [-0.25, -0.2) is 4.68 Å². The Balaban J connectivity index is 1.87. The van der Waals surface area contributed by atoms with E-state index in [-0.39, 0.29) is 11.5 Å². The molecule has 2 aromatic carbocycles. The van der Waals surface area contributed by atoms with Crippen LogP contribution in [0.1, 0.15) is 12.5 Å². The van der Waals surface area contributed by atoms with Gasteiger partial charge in [0.15, 0.2) is 0 Å². The molecule has 1 N–H and O–H groups in total. The highest BCUT2D eigenvalue weighted by molar-refractivity contribution is 6.30. The minimum absolute atomic E-state index is 0.123. The van der Waals surface area contributed by atoms with Crippen molar-refractivity contribution in [2.45, 2.75) is 13.5 Å². The first-order chi connectivity index (χ1) is 12.0. The van der Waals surface area contributed by atoms with Crippen molar-refractivity contribution in [3.63, 3.8) is 0 Å². The van der Waals surface area contributed by atoms with Gasteiger partial charge in [-0.1, -0.05) is 35.9 Å². The lowest BCUT2D eigenvalue weighted by atomic mass is 10.1. The zero-order chi connectivity index (χ0) is 17.8. The number of nitrogens with zero attached hydrogens (tertiary/aromatic N) is 2. The molecule has 0 saturated heterocycles. The summed E-state index contributed by atoms with van der Waals surface area (Å²) in [5.74, 6) is -0.123. The second kappa shape index (κ2) is 7.32. The number of carbonyl (C=O) groups excluding carboxylic acids is 1. The summed E-state index contributed by atoms with van der Waals surface area (Å²) in [7, 11) is 0. The number of carbonyl (C=O) groups is 1. The van der Waals surface area contributed by atoms with Crippen LogP contribution in [0.15, 0.2) is 65.5 Å². The van der Waals surface area contributed by atoms with Gasteiger partial charge in [0.05, 0.1) is 12.2 Å². The summed E-state index contributed by atoms with van der Waals surface area (Å²) in [4.78, 5) is 23.2. The number of halogens is 1. The highest BCUT2D eigenvalue weighted by atomic mass is 35.5. The van der Waals surface area contributed by atoms with Crippen LogP contribution in [0.2, 0.25) is 5.02 Å². The number of hydrogen-bond acceptors (Lipinski definition) is 3. The quantitative estimate of drug-likeness (QED) is 0.779. The van der Waals surface area contributed by atoms with Crippen LogP contribution in [-0.2, 0) is 11.3 Å².